The molecule has 9 atom stereocenters. The van der Waals surface area contributed by atoms with Crippen LogP contribution < -0.4 is 0 Å². The molecule has 1 spiro atoms. The van der Waals surface area contributed by atoms with Crippen LogP contribution in [0.25, 0.3) is 0 Å². The quantitative estimate of drug-likeness (QED) is 0.334. The Labute approximate surface area is 248 Å². The Morgan fingerprint density at radius 3 is 2.37 bits per heavy atom. The lowest BCUT2D eigenvalue weighted by Gasteiger charge is -2.70. The molecule has 0 amide bonds. The van der Waals surface area contributed by atoms with Gasteiger partial charge in [-0.1, -0.05) is 106 Å². The van der Waals surface area contributed by atoms with Crippen LogP contribution in [0.15, 0.2) is 72.3 Å². The van der Waals surface area contributed by atoms with Gasteiger partial charge in [-0.15, -0.1) is 0 Å². The summed E-state index contributed by atoms with van der Waals surface area (Å²) in [4.78, 5) is 0. The normalized spacial score (nSPS) is 41.6. The molecule has 8 rings (SSSR count). The van der Waals surface area contributed by atoms with E-state index in [-0.39, 0.29) is 17.1 Å². The predicted octanol–water partition coefficient (Wildman–Crippen LogP) is 9.01. The van der Waals surface area contributed by atoms with Gasteiger partial charge in [0.25, 0.3) is 0 Å². The molecule has 6 aliphatic rings. The first-order valence-corrected chi connectivity index (χ1v) is 16.5. The van der Waals surface area contributed by atoms with Gasteiger partial charge in [0.15, 0.2) is 6.29 Å². The molecule has 1 heterocycles. The summed E-state index contributed by atoms with van der Waals surface area (Å²) in [5.41, 5.74) is 4.96. The number of hydrogen-bond acceptors (Lipinski definition) is 3. The summed E-state index contributed by atoms with van der Waals surface area (Å²) in [5.74, 6) is 3.75. The maximum atomic E-state index is 6.68. The summed E-state index contributed by atoms with van der Waals surface area (Å²) in [6.45, 7) is 13.3. The molecule has 2 aromatic carbocycles. The van der Waals surface area contributed by atoms with Crippen LogP contribution >= 0.6 is 0 Å². The Morgan fingerprint density at radius 1 is 0.878 bits per heavy atom. The van der Waals surface area contributed by atoms with E-state index in [9.17, 15) is 0 Å². The summed E-state index contributed by atoms with van der Waals surface area (Å²) in [7, 11) is 0. The minimum Gasteiger partial charge on any atom is -0.376 e. The van der Waals surface area contributed by atoms with E-state index in [4.69, 9.17) is 14.2 Å². The molecule has 3 heteroatoms. The average molecular weight is 555 g/mol. The molecule has 0 radical (unpaired) electrons. The van der Waals surface area contributed by atoms with E-state index in [1.165, 1.54) is 44.1 Å². The first kappa shape index (κ1) is 27.9. The molecule has 41 heavy (non-hydrogen) atoms. The zero-order chi connectivity index (χ0) is 28.2. The molecular weight excluding hydrogens is 504 g/mol. The van der Waals surface area contributed by atoms with Gasteiger partial charge in [0.2, 0.25) is 0 Å². The Bertz CT molecular complexity index is 1240. The summed E-state index contributed by atoms with van der Waals surface area (Å²) in [6, 6.07) is 21.3. The number of fused-ring (bicyclic) bond motifs is 1. The Hall–Kier alpha value is -1.94. The van der Waals surface area contributed by atoms with Crippen LogP contribution in [-0.2, 0) is 20.8 Å². The van der Waals surface area contributed by atoms with Gasteiger partial charge in [0.05, 0.1) is 26.4 Å². The third-order valence-electron chi connectivity index (χ3n) is 12.6. The second kappa shape index (κ2) is 10.6. The van der Waals surface area contributed by atoms with Gasteiger partial charge >= 0.3 is 0 Å². The van der Waals surface area contributed by atoms with Crippen molar-refractivity contribution in [2.45, 2.75) is 79.1 Å². The number of ether oxygens (including phenoxy) is 3. The van der Waals surface area contributed by atoms with Crippen LogP contribution in [-0.4, -0.2) is 19.8 Å². The molecule has 1 saturated heterocycles. The first-order chi connectivity index (χ1) is 19.8. The van der Waals surface area contributed by atoms with Gasteiger partial charge in [-0.3, -0.25) is 0 Å². The Kier molecular flexibility index (Phi) is 7.24. The zero-order valence-corrected chi connectivity index (χ0v) is 25.7. The number of hydrogen-bond donors (Lipinski definition) is 0. The molecule has 1 aliphatic heterocycles. The van der Waals surface area contributed by atoms with Gasteiger partial charge in [-0.2, -0.15) is 0 Å². The molecule has 3 nitrogen and oxygen atoms in total. The highest BCUT2D eigenvalue weighted by molar-refractivity contribution is 5.32. The second-order valence-corrected chi connectivity index (χ2v) is 15.1. The lowest BCUT2D eigenvalue weighted by Crippen LogP contribution is -2.65. The lowest BCUT2D eigenvalue weighted by atomic mass is 9.34. The van der Waals surface area contributed by atoms with Gasteiger partial charge < -0.3 is 14.2 Å². The number of rotatable bonds is 6. The van der Waals surface area contributed by atoms with E-state index < -0.39 is 0 Å². The minimum absolute atomic E-state index is 0.225. The van der Waals surface area contributed by atoms with Crippen LogP contribution in [0.2, 0.25) is 0 Å². The van der Waals surface area contributed by atoms with Crippen molar-refractivity contribution in [3.63, 3.8) is 0 Å². The maximum absolute atomic E-state index is 6.68. The van der Waals surface area contributed by atoms with Crippen LogP contribution in [0.1, 0.15) is 83.6 Å². The second-order valence-electron chi connectivity index (χ2n) is 15.1. The third-order valence-corrected chi connectivity index (χ3v) is 12.6. The van der Waals surface area contributed by atoms with E-state index in [1.807, 2.05) is 0 Å². The van der Waals surface area contributed by atoms with Crippen LogP contribution in [0.3, 0.4) is 0 Å². The maximum Gasteiger partial charge on any atom is 0.183 e. The molecule has 4 fully saturated rings. The van der Waals surface area contributed by atoms with E-state index >= 15 is 0 Å². The zero-order valence-electron chi connectivity index (χ0n) is 25.7. The van der Waals surface area contributed by atoms with Gasteiger partial charge in [0, 0.05) is 5.56 Å². The largest absolute Gasteiger partial charge is 0.376 e. The van der Waals surface area contributed by atoms with Crippen molar-refractivity contribution < 1.29 is 14.2 Å². The molecule has 1 unspecified atom stereocenters. The molecule has 5 aliphatic carbocycles. The summed E-state index contributed by atoms with van der Waals surface area (Å²) < 4.78 is 19.8. The average Bonchev–Trinajstić information content (AvgIpc) is 3.23. The fourth-order valence-corrected chi connectivity index (χ4v) is 10.9. The SMILES string of the molecule is CC(C)C1=C[C@@]23CC[C@H]4[C@](C)(COCc5ccccc5)CCC[C@]4(C)[C@H]2C[C@@H]1[C@H]1COC(c2ccccc2)OC[C@H]13. The molecule has 3 saturated carbocycles. The van der Waals surface area contributed by atoms with E-state index in [2.05, 4.69) is 94.4 Å². The minimum atomic E-state index is -0.245. The molecule has 0 N–H and O–H groups in total. The third kappa shape index (κ3) is 4.57. The first-order valence-electron chi connectivity index (χ1n) is 16.5. The van der Waals surface area contributed by atoms with E-state index in [1.54, 1.807) is 5.57 Å². The summed E-state index contributed by atoms with van der Waals surface area (Å²) in [6.07, 6.45) is 10.5. The van der Waals surface area contributed by atoms with E-state index in [0.717, 1.165) is 32.0 Å². The van der Waals surface area contributed by atoms with Crippen molar-refractivity contribution in [2.75, 3.05) is 19.8 Å². The van der Waals surface area contributed by atoms with Crippen LogP contribution in [0.5, 0.6) is 0 Å². The van der Waals surface area contributed by atoms with Crippen molar-refractivity contribution in [2.24, 2.45) is 51.8 Å². The molecule has 2 bridgehead atoms. The van der Waals surface area contributed by atoms with Crippen molar-refractivity contribution >= 4 is 0 Å². The van der Waals surface area contributed by atoms with Gasteiger partial charge in [-0.25, -0.2) is 0 Å². The van der Waals surface area contributed by atoms with Crippen LogP contribution in [0.4, 0.5) is 0 Å². The van der Waals surface area contributed by atoms with Gasteiger partial charge in [0.1, 0.15) is 0 Å². The Morgan fingerprint density at radius 2 is 1.61 bits per heavy atom. The number of benzene rings is 2. The topological polar surface area (TPSA) is 27.7 Å². The van der Waals surface area contributed by atoms with E-state index in [0.29, 0.717) is 40.9 Å². The lowest BCUT2D eigenvalue weighted by molar-refractivity contribution is -0.198. The molecule has 0 aromatic heterocycles. The van der Waals surface area contributed by atoms with Crippen molar-refractivity contribution in [3.05, 3.63) is 83.4 Å². The van der Waals surface area contributed by atoms with Crippen molar-refractivity contribution in [1.29, 1.82) is 0 Å². The smallest absolute Gasteiger partial charge is 0.183 e. The highest BCUT2D eigenvalue weighted by Crippen LogP contribution is 2.73. The summed E-state index contributed by atoms with van der Waals surface area (Å²) >= 11 is 0. The standard InChI is InChI=1S/C38H50O3/c1-26(2)30-21-38-19-16-33-36(3,25-39-22-27-12-7-5-8-13-27)17-11-18-37(33,4)34(38)20-29(30)31-23-40-35(41-24-32(31)38)28-14-9-6-10-15-28/h5-10,12-15,21,26,29,31-35H,11,16-20,22-25H2,1-4H3/t29-,31+,32+,33-,34+,35?,36-,37-,38+/m0/s1. The molecule has 220 valence electrons. The van der Waals surface area contributed by atoms with Crippen molar-refractivity contribution in [1.82, 2.24) is 0 Å². The molecule has 2 aromatic rings. The molecular formula is C38H50O3. The highest BCUT2D eigenvalue weighted by Gasteiger charge is 2.67. The van der Waals surface area contributed by atoms with Crippen molar-refractivity contribution in [3.8, 4) is 0 Å². The fraction of sp³-hybridized carbons (Fsp3) is 0.632. The summed E-state index contributed by atoms with van der Waals surface area (Å²) in [5, 5.41) is 0. The monoisotopic (exact) mass is 554 g/mol. The van der Waals surface area contributed by atoms with Crippen LogP contribution in [0, 0.1) is 51.8 Å². The fourth-order valence-electron chi connectivity index (χ4n) is 10.9. The number of allylic oxidation sites excluding steroid dienone is 2. The Balaban J connectivity index is 1.17. The van der Waals surface area contributed by atoms with Gasteiger partial charge in [-0.05, 0) is 89.4 Å². The predicted molar refractivity (Wildman–Crippen MR) is 164 cm³/mol. The highest BCUT2D eigenvalue weighted by atomic mass is 16.7.